The maximum Gasteiger partial charge on any atom is 0.341 e. The molecule has 0 saturated carbocycles. The van der Waals surface area contributed by atoms with Crippen LogP contribution in [0.3, 0.4) is 0 Å². The van der Waals surface area contributed by atoms with Gasteiger partial charge in [-0.2, -0.15) is 8.78 Å². The van der Waals surface area contributed by atoms with Gasteiger partial charge in [-0.05, 0) is 29.8 Å². The second-order valence-electron chi connectivity index (χ2n) is 4.17. The summed E-state index contributed by atoms with van der Waals surface area (Å²) in [6.45, 7) is 0.571. The van der Waals surface area contributed by atoms with Crippen LogP contribution < -0.4 is 5.32 Å². The van der Waals surface area contributed by atoms with Gasteiger partial charge in [-0.1, -0.05) is 30.3 Å². The molecule has 0 aliphatic carbocycles. The molecule has 0 aromatic heterocycles. The molecule has 0 spiro atoms. The fourth-order valence-electron chi connectivity index (χ4n) is 1.67. The number of rotatable bonds is 5. The molecule has 1 N–H and O–H groups in total. The van der Waals surface area contributed by atoms with E-state index in [0.717, 1.165) is 5.56 Å². The van der Waals surface area contributed by atoms with Crippen molar-refractivity contribution in [2.45, 2.75) is 17.2 Å². The van der Waals surface area contributed by atoms with E-state index in [1.54, 1.807) is 0 Å². The molecule has 20 heavy (non-hydrogen) atoms. The van der Waals surface area contributed by atoms with E-state index in [1.807, 2.05) is 30.3 Å². The highest BCUT2D eigenvalue weighted by Gasteiger charge is 2.26. The van der Waals surface area contributed by atoms with Gasteiger partial charge in [-0.3, -0.25) is 0 Å². The summed E-state index contributed by atoms with van der Waals surface area (Å²) in [6, 6.07) is 14.9. The Morgan fingerprint density at radius 2 is 1.55 bits per heavy atom. The minimum Gasteiger partial charge on any atom is -0.381 e. The van der Waals surface area contributed by atoms with Crippen LogP contribution in [0.4, 0.5) is 14.5 Å². The van der Waals surface area contributed by atoms with Gasteiger partial charge >= 0.3 is 5.76 Å². The van der Waals surface area contributed by atoms with Crippen molar-refractivity contribution in [3.8, 4) is 0 Å². The van der Waals surface area contributed by atoms with Crippen molar-refractivity contribution in [1.29, 1.82) is 0 Å². The molecule has 0 bridgehead atoms. The summed E-state index contributed by atoms with van der Waals surface area (Å²) in [4.78, 5) is -0.377. The first kappa shape index (κ1) is 14.5. The summed E-state index contributed by atoms with van der Waals surface area (Å²) in [5.41, 5.74) is 1.74. The van der Waals surface area contributed by atoms with Crippen LogP contribution in [-0.4, -0.2) is 14.2 Å². The Hall–Kier alpha value is -1.95. The molecule has 0 saturated heterocycles. The molecule has 0 aliphatic rings. The largest absolute Gasteiger partial charge is 0.381 e. The minimum atomic E-state index is -4.52. The summed E-state index contributed by atoms with van der Waals surface area (Å²) in [5, 5.41) is 3.09. The van der Waals surface area contributed by atoms with Gasteiger partial charge in [0.15, 0.2) is 0 Å². The van der Waals surface area contributed by atoms with Crippen LogP contribution in [0.25, 0.3) is 0 Å². The normalized spacial score (nSPS) is 11.6. The van der Waals surface area contributed by atoms with Gasteiger partial charge in [0.1, 0.15) is 0 Å². The van der Waals surface area contributed by atoms with E-state index >= 15 is 0 Å². The molecule has 3 nitrogen and oxygen atoms in total. The predicted molar refractivity (Wildman–Crippen MR) is 73.4 cm³/mol. The van der Waals surface area contributed by atoms with Crippen LogP contribution in [0.2, 0.25) is 0 Å². The fraction of sp³-hybridized carbons (Fsp3) is 0.143. The first-order valence-corrected chi connectivity index (χ1v) is 7.45. The van der Waals surface area contributed by atoms with Crippen LogP contribution in [0, 0.1) is 0 Å². The standard InChI is InChI=1S/C14H13F2NO2S/c15-14(16)20(18,19)13-8-6-12(7-9-13)17-10-11-4-2-1-3-5-11/h1-9,14,17H,10H2. The monoisotopic (exact) mass is 297 g/mol. The van der Waals surface area contributed by atoms with Crippen molar-refractivity contribution in [2.24, 2.45) is 0 Å². The lowest BCUT2D eigenvalue weighted by atomic mass is 10.2. The van der Waals surface area contributed by atoms with Crippen LogP contribution in [0.15, 0.2) is 59.5 Å². The zero-order valence-corrected chi connectivity index (χ0v) is 11.3. The predicted octanol–water partition coefficient (Wildman–Crippen LogP) is 3.30. The SMILES string of the molecule is O=S(=O)(c1ccc(NCc2ccccc2)cc1)C(F)F. The maximum atomic E-state index is 12.4. The quantitative estimate of drug-likeness (QED) is 0.921. The number of hydrogen-bond acceptors (Lipinski definition) is 3. The van der Waals surface area contributed by atoms with Gasteiger partial charge < -0.3 is 5.32 Å². The van der Waals surface area contributed by atoms with Gasteiger partial charge in [0.2, 0.25) is 9.84 Å². The number of nitrogens with one attached hydrogen (secondary N) is 1. The molecule has 0 fully saturated rings. The summed E-state index contributed by atoms with van der Waals surface area (Å²) in [5.74, 6) is -3.40. The Kier molecular flexibility index (Phi) is 4.34. The molecule has 106 valence electrons. The smallest absolute Gasteiger partial charge is 0.341 e. The highest BCUT2D eigenvalue weighted by atomic mass is 32.2. The van der Waals surface area contributed by atoms with Crippen LogP contribution in [0.1, 0.15) is 5.56 Å². The Morgan fingerprint density at radius 3 is 2.10 bits per heavy atom. The zero-order chi connectivity index (χ0) is 14.6. The third-order valence-corrected chi connectivity index (χ3v) is 4.16. The van der Waals surface area contributed by atoms with E-state index in [1.165, 1.54) is 24.3 Å². The van der Waals surface area contributed by atoms with Gasteiger partial charge in [-0.25, -0.2) is 8.42 Å². The summed E-state index contributed by atoms with van der Waals surface area (Å²) < 4.78 is 47.2. The number of alkyl halides is 2. The third kappa shape index (κ3) is 3.33. The van der Waals surface area contributed by atoms with Gasteiger partial charge in [0, 0.05) is 12.2 Å². The molecular weight excluding hydrogens is 284 g/mol. The molecule has 2 rings (SSSR count). The van der Waals surface area contributed by atoms with E-state index in [0.29, 0.717) is 12.2 Å². The maximum absolute atomic E-state index is 12.4. The zero-order valence-electron chi connectivity index (χ0n) is 10.5. The lowest BCUT2D eigenvalue weighted by Gasteiger charge is -2.08. The van der Waals surface area contributed by atoms with Crippen LogP contribution in [0.5, 0.6) is 0 Å². The summed E-state index contributed by atoms with van der Waals surface area (Å²) in [6.07, 6.45) is 0. The van der Waals surface area contributed by atoms with Gasteiger partial charge in [0.25, 0.3) is 0 Å². The average Bonchev–Trinajstić information content (AvgIpc) is 2.46. The van der Waals surface area contributed by atoms with E-state index in [2.05, 4.69) is 5.32 Å². The van der Waals surface area contributed by atoms with Crippen molar-refractivity contribution in [3.63, 3.8) is 0 Å². The topological polar surface area (TPSA) is 46.2 Å². The second kappa shape index (κ2) is 6.00. The van der Waals surface area contributed by atoms with Crippen molar-refractivity contribution in [3.05, 3.63) is 60.2 Å². The highest BCUT2D eigenvalue weighted by Crippen LogP contribution is 2.20. The number of hydrogen-bond donors (Lipinski definition) is 1. The van der Waals surface area contributed by atoms with Crippen molar-refractivity contribution >= 4 is 15.5 Å². The molecule has 6 heteroatoms. The molecule has 0 unspecified atom stereocenters. The molecular formula is C14H13F2NO2S. The fourth-order valence-corrected chi connectivity index (χ4v) is 2.39. The van der Waals surface area contributed by atoms with Crippen molar-refractivity contribution in [1.82, 2.24) is 0 Å². The van der Waals surface area contributed by atoms with E-state index in [9.17, 15) is 17.2 Å². The molecule has 2 aromatic rings. The Labute approximate surface area is 116 Å². The first-order chi connectivity index (χ1) is 9.50. The summed E-state index contributed by atoms with van der Waals surface area (Å²) >= 11 is 0. The highest BCUT2D eigenvalue weighted by molar-refractivity contribution is 7.91. The Balaban J connectivity index is 2.06. The lowest BCUT2D eigenvalue weighted by Crippen LogP contribution is -2.11. The van der Waals surface area contributed by atoms with Gasteiger partial charge in [-0.15, -0.1) is 0 Å². The van der Waals surface area contributed by atoms with E-state index in [4.69, 9.17) is 0 Å². The average molecular weight is 297 g/mol. The molecule has 0 aliphatic heterocycles. The molecule has 0 radical (unpaired) electrons. The molecule has 0 heterocycles. The first-order valence-electron chi connectivity index (χ1n) is 5.90. The third-order valence-electron chi connectivity index (χ3n) is 2.76. The van der Waals surface area contributed by atoms with Crippen molar-refractivity contribution < 1.29 is 17.2 Å². The second-order valence-corrected chi connectivity index (χ2v) is 6.09. The van der Waals surface area contributed by atoms with Crippen LogP contribution >= 0.6 is 0 Å². The number of anilines is 1. The minimum absolute atomic E-state index is 0.377. The molecule has 0 atom stereocenters. The molecule has 2 aromatic carbocycles. The number of sulfone groups is 1. The number of benzene rings is 2. The molecule has 0 amide bonds. The van der Waals surface area contributed by atoms with E-state index in [-0.39, 0.29) is 4.90 Å². The van der Waals surface area contributed by atoms with E-state index < -0.39 is 15.6 Å². The van der Waals surface area contributed by atoms with Crippen molar-refractivity contribution in [2.75, 3.05) is 5.32 Å². The van der Waals surface area contributed by atoms with Crippen LogP contribution in [-0.2, 0) is 16.4 Å². The Bertz CT molecular complexity index is 655. The Morgan fingerprint density at radius 1 is 0.950 bits per heavy atom. The lowest BCUT2D eigenvalue weighted by molar-refractivity contribution is 0.234. The summed E-state index contributed by atoms with van der Waals surface area (Å²) in [7, 11) is -4.52. The van der Waals surface area contributed by atoms with Gasteiger partial charge in [0.05, 0.1) is 4.90 Å². The number of halogens is 2.